The van der Waals surface area contributed by atoms with Crippen molar-refractivity contribution in [3.8, 4) is 0 Å². The molecule has 1 fully saturated rings. The van der Waals surface area contributed by atoms with Crippen LogP contribution in [0.4, 0.5) is 0 Å². The maximum Gasteiger partial charge on any atom is 0.223 e. The van der Waals surface area contributed by atoms with Crippen LogP contribution in [0.5, 0.6) is 0 Å². The first-order valence-electron chi connectivity index (χ1n) is 14.9. The van der Waals surface area contributed by atoms with Gasteiger partial charge in [0.2, 0.25) is 5.91 Å². The lowest BCUT2D eigenvalue weighted by molar-refractivity contribution is -0.126. The van der Waals surface area contributed by atoms with E-state index in [0.29, 0.717) is 23.9 Å². The highest BCUT2D eigenvalue weighted by Crippen LogP contribution is 2.29. The van der Waals surface area contributed by atoms with E-state index in [2.05, 4.69) is 73.0 Å². The summed E-state index contributed by atoms with van der Waals surface area (Å²) >= 11 is 1.75. The van der Waals surface area contributed by atoms with Gasteiger partial charge < -0.3 is 14.8 Å². The van der Waals surface area contributed by atoms with Crippen molar-refractivity contribution in [2.24, 2.45) is 11.8 Å². The molecule has 3 aromatic rings. The van der Waals surface area contributed by atoms with Gasteiger partial charge in [0.05, 0.1) is 11.0 Å². The highest BCUT2D eigenvalue weighted by Gasteiger charge is 2.28. The molecule has 7 heteroatoms. The van der Waals surface area contributed by atoms with Crippen LogP contribution in [0.15, 0.2) is 35.7 Å². The molecule has 1 aliphatic rings. The number of thiophene rings is 1. The van der Waals surface area contributed by atoms with E-state index >= 15 is 0 Å². The molecule has 1 saturated heterocycles. The average Bonchev–Trinajstić information content (AvgIpc) is 3.57. The van der Waals surface area contributed by atoms with Gasteiger partial charge in [0.25, 0.3) is 0 Å². The lowest BCUT2D eigenvalue weighted by Crippen LogP contribution is -2.46. The van der Waals surface area contributed by atoms with Crippen molar-refractivity contribution in [2.75, 3.05) is 19.6 Å². The third kappa shape index (κ3) is 7.37. The predicted molar refractivity (Wildman–Crippen MR) is 162 cm³/mol. The Hall–Kier alpha value is -2.51. The van der Waals surface area contributed by atoms with Crippen LogP contribution in [0.3, 0.4) is 0 Å². The van der Waals surface area contributed by atoms with Gasteiger partial charge in [-0.1, -0.05) is 40.7 Å². The molecule has 0 radical (unpaired) electrons. The van der Waals surface area contributed by atoms with Crippen LogP contribution in [0.25, 0.3) is 11.0 Å². The van der Waals surface area contributed by atoms with Gasteiger partial charge in [0.1, 0.15) is 5.82 Å². The highest BCUT2D eigenvalue weighted by atomic mass is 32.1. The number of amides is 1. The van der Waals surface area contributed by atoms with Gasteiger partial charge in [0.15, 0.2) is 5.78 Å². The Bertz CT molecular complexity index is 1220. The number of imidazole rings is 1. The monoisotopic (exact) mass is 550 g/mol. The van der Waals surface area contributed by atoms with Crippen LogP contribution in [-0.4, -0.2) is 51.8 Å². The number of nitrogens with zero attached hydrogens (tertiary/aromatic N) is 3. The van der Waals surface area contributed by atoms with Crippen molar-refractivity contribution in [2.45, 2.75) is 91.6 Å². The Morgan fingerprint density at radius 1 is 1.10 bits per heavy atom. The van der Waals surface area contributed by atoms with E-state index in [1.165, 1.54) is 4.88 Å². The van der Waals surface area contributed by atoms with Crippen molar-refractivity contribution in [1.82, 2.24) is 19.8 Å². The number of carbonyl (C=O) groups is 2. The number of benzene rings is 1. The van der Waals surface area contributed by atoms with Gasteiger partial charge in [-0.15, -0.1) is 11.3 Å². The van der Waals surface area contributed by atoms with Crippen molar-refractivity contribution in [3.63, 3.8) is 0 Å². The fraction of sp³-hybridized carbons (Fsp3) is 0.594. The number of fused-ring (bicyclic) bond motifs is 1. The lowest BCUT2D eigenvalue weighted by atomic mass is 9.89. The summed E-state index contributed by atoms with van der Waals surface area (Å²) in [5.41, 5.74) is 2.60. The Balaban J connectivity index is 1.53. The van der Waals surface area contributed by atoms with Crippen LogP contribution in [0.1, 0.15) is 100 Å². The first kappa shape index (κ1) is 29.5. The van der Waals surface area contributed by atoms with Crippen molar-refractivity contribution in [3.05, 3.63) is 52.0 Å². The van der Waals surface area contributed by atoms with E-state index in [1.54, 1.807) is 11.3 Å². The number of likely N-dealkylation sites (tertiary alicyclic amines) is 1. The topological polar surface area (TPSA) is 67.2 Å². The number of hydrogen-bond acceptors (Lipinski definition) is 5. The fourth-order valence-corrected chi connectivity index (χ4v) is 6.68. The summed E-state index contributed by atoms with van der Waals surface area (Å²) in [6, 6.07) is 10.8. The van der Waals surface area contributed by atoms with Crippen LogP contribution in [0, 0.1) is 11.8 Å². The Morgan fingerprint density at radius 3 is 2.46 bits per heavy atom. The normalized spacial score (nSPS) is 15.9. The Kier molecular flexibility index (Phi) is 10.4. The minimum absolute atomic E-state index is 0.0235. The van der Waals surface area contributed by atoms with E-state index in [0.717, 1.165) is 68.6 Å². The number of carbonyl (C=O) groups excluding carboxylic acids is 2. The first-order chi connectivity index (χ1) is 18.8. The number of aromatic nitrogens is 2. The maximum absolute atomic E-state index is 13.5. The number of ketones is 1. The van der Waals surface area contributed by atoms with E-state index in [1.807, 2.05) is 12.1 Å². The van der Waals surface area contributed by atoms with Crippen LogP contribution < -0.4 is 5.32 Å². The van der Waals surface area contributed by atoms with Crippen LogP contribution in [0.2, 0.25) is 0 Å². The minimum atomic E-state index is -0.311. The van der Waals surface area contributed by atoms with Gasteiger partial charge >= 0.3 is 0 Å². The number of Topliss-reactive ketones (excluding diaryl/α,β-unsaturated/α-hetero) is 1. The smallest absolute Gasteiger partial charge is 0.223 e. The van der Waals surface area contributed by atoms with Gasteiger partial charge in [-0.2, -0.15) is 0 Å². The second-order valence-electron chi connectivity index (χ2n) is 11.5. The molecule has 0 aliphatic carbocycles. The molecule has 0 saturated carbocycles. The number of nitrogens with one attached hydrogen (secondary N) is 1. The summed E-state index contributed by atoms with van der Waals surface area (Å²) in [6.07, 6.45) is 5.75. The molecule has 3 heterocycles. The van der Waals surface area contributed by atoms with Crippen LogP contribution >= 0.6 is 11.3 Å². The van der Waals surface area contributed by atoms with E-state index < -0.39 is 0 Å². The molecular weight excluding hydrogens is 504 g/mol. The van der Waals surface area contributed by atoms with Gasteiger partial charge in [-0.3, -0.25) is 9.59 Å². The molecule has 212 valence electrons. The summed E-state index contributed by atoms with van der Waals surface area (Å²) in [4.78, 5) is 35.6. The van der Waals surface area contributed by atoms with Gasteiger partial charge in [0, 0.05) is 54.4 Å². The van der Waals surface area contributed by atoms with E-state index in [4.69, 9.17) is 4.98 Å². The number of hydrogen-bond donors (Lipinski definition) is 1. The van der Waals surface area contributed by atoms with E-state index in [9.17, 15) is 9.59 Å². The molecule has 4 rings (SSSR count). The number of piperidine rings is 1. The Morgan fingerprint density at radius 2 is 1.85 bits per heavy atom. The zero-order valence-corrected chi connectivity index (χ0v) is 25.2. The molecule has 0 spiro atoms. The quantitative estimate of drug-likeness (QED) is 0.236. The van der Waals surface area contributed by atoms with Crippen molar-refractivity contribution >= 4 is 34.1 Å². The van der Waals surface area contributed by atoms with Crippen LogP contribution in [-0.2, 0) is 11.2 Å². The summed E-state index contributed by atoms with van der Waals surface area (Å²) in [7, 11) is 0. The predicted octanol–water partition coefficient (Wildman–Crippen LogP) is 6.89. The molecule has 39 heavy (non-hydrogen) atoms. The second kappa shape index (κ2) is 13.7. The molecule has 6 nitrogen and oxygen atoms in total. The largest absolute Gasteiger partial charge is 0.353 e. The zero-order chi connectivity index (χ0) is 27.9. The minimum Gasteiger partial charge on any atom is -0.353 e. The van der Waals surface area contributed by atoms with Crippen molar-refractivity contribution in [1.29, 1.82) is 0 Å². The summed E-state index contributed by atoms with van der Waals surface area (Å²) in [5.74, 6) is 1.14. The standard InChI is InChI=1S/C32H46N4O2S/c1-6-26(7-2)36-29-12-11-23(19-28(29)34-31(36)21-27-10-9-17-39-27)30(37)20-24(18-22(4)5)32(38)33-25-13-15-35(8-3)16-14-25/h9-12,17,19,22,24-26H,6-8,13-16,18,20-21H2,1-5H3,(H,33,38)/t24-/m1/s1. The molecule has 0 bridgehead atoms. The summed E-state index contributed by atoms with van der Waals surface area (Å²) < 4.78 is 2.38. The molecule has 0 unspecified atom stereocenters. The molecule has 1 amide bonds. The average molecular weight is 551 g/mol. The molecule has 2 aromatic heterocycles. The molecular formula is C32H46N4O2S. The third-order valence-electron chi connectivity index (χ3n) is 8.24. The third-order valence-corrected chi connectivity index (χ3v) is 9.12. The maximum atomic E-state index is 13.5. The van der Waals surface area contributed by atoms with E-state index in [-0.39, 0.29) is 30.1 Å². The highest BCUT2D eigenvalue weighted by molar-refractivity contribution is 7.09. The number of rotatable bonds is 13. The van der Waals surface area contributed by atoms with Gasteiger partial charge in [-0.05, 0) is 74.2 Å². The summed E-state index contributed by atoms with van der Waals surface area (Å²) in [6.45, 7) is 14.0. The summed E-state index contributed by atoms with van der Waals surface area (Å²) in [5, 5.41) is 5.39. The second-order valence-corrected chi connectivity index (χ2v) is 12.5. The fourth-order valence-electron chi connectivity index (χ4n) is 5.98. The zero-order valence-electron chi connectivity index (χ0n) is 24.4. The van der Waals surface area contributed by atoms with Gasteiger partial charge in [-0.25, -0.2) is 4.98 Å². The Labute approximate surface area is 238 Å². The molecule has 1 N–H and O–H groups in total. The molecule has 1 aliphatic heterocycles. The first-order valence-corrected chi connectivity index (χ1v) is 15.8. The van der Waals surface area contributed by atoms with Crippen molar-refractivity contribution < 1.29 is 9.59 Å². The molecule has 1 atom stereocenters. The molecule has 1 aromatic carbocycles. The lowest BCUT2D eigenvalue weighted by Gasteiger charge is -2.32. The SMILES string of the molecule is CCC(CC)n1c(Cc2cccs2)nc2cc(C(=O)C[C@@H](CC(C)C)C(=O)NC3CCN(CC)CC3)ccc21.